The van der Waals surface area contributed by atoms with Gasteiger partial charge in [0.25, 0.3) is 5.91 Å². The maximum atomic E-state index is 12.9. The maximum absolute atomic E-state index is 12.9. The molecule has 8 nitrogen and oxygen atoms in total. The number of ether oxygens (including phenoxy) is 1. The molecule has 2 aromatic heterocycles. The van der Waals surface area contributed by atoms with Gasteiger partial charge in [-0.1, -0.05) is 23.4 Å². The number of aromatic amines is 1. The number of nitrogens with one attached hydrogen (secondary N) is 1. The molecule has 8 heteroatoms. The number of amides is 1. The van der Waals surface area contributed by atoms with Crippen LogP contribution in [0.5, 0.6) is 0 Å². The second-order valence-corrected chi connectivity index (χ2v) is 7.93. The number of likely N-dealkylation sites (tertiary alicyclic amines) is 1. The van der Waals surface area contributed by atoms with Gasteiger partial charge in [-0.25, -0.2) is 4.68 Å². The Morgan fingerprint density at radius 2 is 2.03 bits per heavy atom. The predicted molar refractivity (Wildman–Crippen MR) is 117 cm³/mol. The van der Waals surface area contributed by atoms with Gasteiger partial charge in [-0.15, -0.1) is 5.10 Å². The molecular formula is C23H24N6O2. The molecular weight excluding hydrogens is 392 g/mol. The van der Waals surface area contributed by atoms with Gasteiger partial charge < -0.3 is 9.64 Å². The SMILES string of the molecule is COCC1CCCN(C(=O)c2ccc(-n3cc(-c4n[nH]c5ccccc45)nn3)cc2)C1. The highest BCUT2D eigenvalue weighted by Gasteiger charge is 2.24. The summed E-state index contributed by atoms with van der Waals surface area (Å²) in [5, 5.41) is 16.9. The van der Waals surface area contributed by atoms with Crippen molar-refractivity contribution in [2.24, 2.45) is 5.92 Å². The number of hydrogen-bond acceptors (Lipinski definition) is 5. The van der Waals surface area contributed by atoms with E-state index < -0.39 is 0 Å². The van der Waals surface area contributed by atoms with E-state index in [1.807, 2.05) is 59.6 Å². The van der Waals surface area contributed by atoms with Crippen LogP contribution in [-0.4, -0.2) is 62.8 Å². The molecule has 3 heterocycles. The third-order valence-corrected chi connectivity index (χ3v) is 5.79. The lowest BCUT2D eigenvalue weighted by atomic mass is 9.98. The van der Waals surface area contributed by atoms with E-state index in [0.717, 1.165) is 48.2 Å². The fourth-order valence-electron chi connectivity index (χ4n) is 4.22. The summed E-state index contributed by atoms with van der Waals surface area (Å²) in [5.41, 5.74) is 3.94. The zero-order chi connectivity index (χ0) is 21.2. The Hall–Kier alpha value is -3.52. The molecule has 0 spiro atoms. The third kappa shape index (κ3) is 3.82. The number of aromatic nitrogens is 5. The molecule has 4 aromatic rings. The fourth-order valence-corrected chi connectivity index (χ4v) is 4.22. The van der Waals surface area contributed by atoms with Crippen molar-refractivity contribution in [3.05, 3.63) is 60.3 Å². The summed E-state index contributed by atoms with van der Waals surface area (Å²) in [5.74, 6) is 0.475. The molecule has 0 saturated carbocycles. The first-order chi connectivity index (χ1) is 15.2. The highest BCUT2D eigenvalue weighted by atomic mass is 16.5. The lowest BCUT2D eigenvalue weighted by Crippen LogP contribution is -2.41. The quantitative estimate of drug-likeness (QED) is 0.539. The minimum Gasteiger partial charge on any atom is -0.384 e. The average molecular weight is 416 g/mol. The Morgan fingerprint density at radius 3 is 2.87 bits per heavy atom. The van der Waals surface area contributed by atoms with Crippen LogP contribution in [0.15, 0.2) is 54.7 Å². The van der Waals surface area contributed by atoms with E-state index in [0.29, 0.717) is 23.8 Å². The Kier molecular flexibility index (Phi) is 5.21. The van der Waals surface area contributed by atoms with Crippen LogP contribution in [-0.2, 0) is 4.74 Å². The molecule has 1 aliphatic heterocycles. The van der Waals surface area contributed by atoms with Crippen LogP contribution in [0.1, 0.15) is 23.2 Å². The van der Waals surface area contributed by atoms with Crippen LogP contribution in [0.4, 0.5) is 0 Å². The number of benzene rings is 2. The number of fused-ring (bicyclic) bond motifs is 1. The molecule has 1 atom stereocenters. The maximum Gasteiger partial charge on any atom is 0.253 e. The first-order valence-corrected chi connectivity index (χ1v) is 10.5. The third-order valence-electron chi connectivity index (χ3n) is 5.79. The van der Waals surface area contributed by atoms with Gasteiger partial charge in [-0.2, -0.15) is 5.10 Å². The number of piperidine rings is 1. The molecule has 31 heavy (non-hydrogen) atoms. The summed E-state index contributed by atoms with van der Waals surface area (Å²) in [6.45, 7) is 2.24. The molecule has 2 aromatic carbocycles. The van der Waals surface area contributed by atoms with Crippen molar-refractivity contribution in [3.8, 4) is 17.1 Å². The van der Waals surface area contributed by atoms with Crippen LogP contribution in [0, 0.1) is 5.92 Å². The van der Waals surface area contributed by atoms with Gasteiger partial charge in [0.2, 0.25) is 0 Å². The van der Waals surface area contributed by atoms with E-state index in [-0.39, 0.29) is 5.91 Å². The molecule has 1 fully saturated rings. The molecule has 158 valence electrons. The topological polar surface area (TPSA) is 88.9 Å². The molecule has 5 rings (SSSR count). The minimum atomic E-state index is 0.0645. The number of hydrogen-bond donors (Lipinski definition) is 1. The van der Waals surface area contributed by atoms with Crippen molar-refractivity contribution in [1.82, 2.24) is 30.1 Å². The molecule has 0 radical (unpaired) electrons. The molecule has 1 aliphatic rings. The lowest BCUT2D eigenvalue weighted by Gasteiger charge is -2.32. The van der Waals surface area contributed by atoms with E-state index in [4.69, 9.17) is 4.74 Å². The van der Waals surface area contributed by atoms with Gasteiger partial charge in [0.15, 0.2) is 0 Å². The standard InChI is InChI=1S/C23H24N6O2/c1-31-15-16-5-4-12-28(13-16)23(30)17-8-10-18(11-9-17)29-14-21(25-27-29)22-19-6-2-3-7-20(19)24-26-22/h2-3,6-11,14,16H,4-5,12-13,15H2,1H3,(H,24,26). The number of para-hydroxylation sites is 1. The zero-order valence-electron chi connectivity index (χ0n) is 17.4. The summed E-state index contributed by atoms with van der Waals surface area (Å²) in [4.78, 5) is 14.8. The summed E-state index contributed by atoms with van der Waals surface area (Å²) < 4.78 is 6.97. The predicted octanol–water partition coefficient (Wildman–Crippen LogP) is 3.31. The van der Waals surface area contributed by atoms with Crippen LogP contribution >= 0.6 is 0 Å². The summed E-state index contributed by atoms with van der Waals surface area (Å²) >= 11 is 0. The van der Waals surface area contributed by atoms with Crippen molar-refractivity contribution in [2.75, 3.05) is 26.8 Å². The number of rotatable bonds is 5. The average Bonchev–Trinajstić information content (AvgIpc) is 3.46. The van der Waals surface area contributed by atoms with Gasteiger partial charge in [-0.3, -0.25) is 9.89 Å². The number of carbonyl (C=O) groups is 1. The summed E-state index contributed by atoms with van der Waals surface area (Å²) in [6.07, 6.45) is 3.97. The number of nitrogens with zero attached hydrogens (tertiary/aromatic N) is 5. The monoisotopic (exact) mass is 416 g/mol. The van der Waals surface area contributed by atoms with E-state index in [2.05, 4.69) is 20.5 Å². The summed E-state index contributed by atoms with van der Waals surface area (Å²) in [7, 11) is 1.71. The lowest BCUT2D eigenvalue weighted by molar-refractivity contribution is 0.0571. The first kappa shape index (κ1) is 19.4. The smallest absolute Gasteiger partial charge is 0.253 e. The van der Waals surface area contributed by atoms with E-state index in [1.165, 1.54) is 0 Å². The minimum absolute atomic E-state index is 0.0645. The molecule has 0 aliphatic carbocycles. The van der Waals surface area contributed by atoms with Crippen LogP contribution in [0.2, 0.25) is 0 Å². The number of carbonyl (C=O) groups excluding carboxylic acids is 1. The zero-order valence-corrected chi connectivity index (χ0v) is 17.4. The molecule has 0 bridgehead atoms. The second kappa shape index (κ2) is 8.31. The first-order valence-electron chi connectivity index (χ1n) is 10.5. The fraction of sp³-hybridized carbons (Fsp3) is 0.304. The molecule has 1 saturated heterocycles. The normalized spacial score (nSPS) is 16.7. The van der Waals surface area contributed by atoms with Crippen molar-refractivity contribution >= 4 is 16.8 Å². The highest BCUT2D eigenvalue weighted by molar-refractivity contribution is 5.94. The molecule has 1 unspecified atom stereocenters. The van der Waals surface area contributed by atoms with Gasteiger partial charge >= 0.3 is 0 Å². The Labute approximate surface area is 179 Å². The van der Waals surface area contributed by atoms with Crippen molar-refractivity contribution < 1.29 is 9.53 Å². The number of H-pyrrole nitrogens is 1. The van der Waals surface area contributed by atoms with Gasteiger partial charge in [0, 0.05) is 31.1 Å². The van der Waals surface area contributed by atoms with Crippen LogP contribution in [0.25, 0.3) is 28.0 Å². The van der Waals surface area contributed by atoms with Gasteiger partial charge in [0.1, 0.15) is 11.4 Å². The highest BCUT2D eigenvalue weighted by Crippen LogP contribution is 2.25. The van der Waals surface area contributed by atoms with E-state index >= 15 is 0 Å². The summed E-state index contributed by atoms with van der Waals surface area (Å²) in [6, 6.07) is 15.4. The Bertz CT molecular complexity index is 1190. The number of methoxy groups -OCH3 is 1. The van der Waals surface area contributed by atoms with Crippen LogP contribution in [0.3, 0.4) is 0 Å². The molecule has 1 N–H and O–H groups in total. The largest absolute Gasteiger partial charge is 0.384 e. The van der Waals surface area contributed by atoms with Gasteiger partial charge in [-0.05, 0) is 49.1 Å². The molecule has 1 amide bonds. The van der Waals surface area contributed by atoms with E-state index in [9.17, 15) is 4.79 Å². The van der Waals surface area contributed by atoms with Crippen molar-refractivity contribution in [3.63, 3.8) is 0 Å². The Balaban J connectivity index is 1.33. The van der Waals surface area contributed by atoms with Crippen molar-refractivity contribution in [2.45, 2.75) is 12.8 Å². The van der Waals surface area contributed by atoms with Crippen LogP contribution < -0.4 is 0 Å². The Morgan fingerprint density at radius 1 is 1.19 bits per heavy atom. The second-order valence-electron chi connectivity index (χ2n) is 7.93. The van der Waals surface area contributed by atoms with Crippen molar-refractivity contribution in [1.29, 1.82) is 0 Å². The van der Waals surface area contributed by atoms with Gasteiger partial charge in [0.05, 0.1) is 24.0 Å². The van der Waals surface area contributed by atoms with E-state index in [1.54, 1.807) is 11.8 Å².